The molecule has 0 amide bonds. The molecule has 110 valence electrons. The Labute approximate surface area is 126 Å². The zero-order chi connectivity index (χ0) is 14.0. The van der Waals surface area contributed by atoms with Crippen LogP contribution < -0.4 is 11.3 Å². The van der Waals surface area contributed by atoms with Gasteiger partial charge < -0.3 is 0 Å². The highest BCUT2D eigenvalue weighted by Gasteiger charge is 2.58. The fourth-order valence-electron chi connectivity index (χ4n) is 6.31. The largest absolute Gasteiger partial charge is 0.271 e. The van der Waals surface area contributed by atoms with Crippen LogP contribution in [-0.4, -0.2) is 0 Å². The maximum atomic E-state index is 6.04. The van der Waals surface area contributed by atoms with Crippen molar-refractivity contribution >= 4 is 11.3 Å². The summed E-state index contributed by atoms with van der Waals surface area (Å²) in [4.78, 5) is 2.85. The molecule has 1 heterocycles. The number of hydrogen-bond donors (Lipinski definition) is 2. The van der Waals surface area contributed by atoms with Gasteiger partial charge in [-0.3, -0.25) is 11.3 Å². The van der Waals surface area contributed by atoms with Gasteiger partial charge in [-0.2, -0.15) is 0 Å². The van der Waals surface area contributed by atoms with Gasteiger partial charge in [0.2, 0.25) is 0 Å². The molecule has 4 saturated carbocycles. The molecule has 0 aliphatic heterocycles. The van der Waals surface area contributed by atoms with Crippen molar-refractivity contribution in [1.82, 2.24) is 5.43 Å². The highest BCUT2D eigenvalue weighted by Crippen LogP contribution is 2.68. The number of aryl methyl sites for hydroxylation is 1. The van der Waals surface area contributed by atoms with E-state index < -0.39 is 0 Å². The third-order valence-corrected chi connectivity index (χ3v) is 7.29. The van der Waals surface area contributed by atoms with Gasteiger partial charge in [-0.1, -0.05) is 6.92 Å². The SMILES string of the molecule is Cc1ccc(C(NN)C23CC4CC(CC(C)(C4)C2)C3)s1. The van der Waals surface area contributed by atoms with Crippen LogP contribution in [0.25, 0.3) is 0 Å². The Morgan fingerprint density at radius 1 is 1.25 bits per heavy atom. The Morgan fingerprint density at radius 2 is 1.95 bits per heavy atom. The molecular weight excluding hydrogens is 264 g/mol. The quantitative estimate of drug-likeness (QED) is 0.648. The molecule has 3 heteroatoms. The van der Waals surface area contributed by atoms with E-state index in [4.69, 9.17) is 5.84 Å². The van der Waals surface area contributed by atoms with Crippen molar-refractivity contribution in [2.45, 2.75) is 58.4 Å². The van der Waals surface area contributed by atoms with Crippen molar-refractivity contribution in [3.8, 4) is 0 Å². The van der Waals surface area contributed by atoms with Crippen LogP contribution in [0, 0.1) is 29.6 Å². The minimum absolute atomic E-state index is 0.367. The van der Waals surface area contributed by atoms with Crippen LogP contribution in [0.1, 0.15) is 61.2 Å². The van der Waals surface area contributed by atoms with E-state index in [0.717, 1.165) is 11.8 Å². The lowest BCUT2D eigenvalue weighted by Crippen LogP contribution is -2.56. The fourth-order valence-corrected chi connectivity index (χ4v) is 7.38. The molecule has 20 heavy (non-hydrogen) atoms. The van der Waals surface area contributed by atoms with Gasteiger partial charge in [-0.15, -0.1) is 11.3 Å². The lowest BCUT2D eigenvalue weighted by molar-refractivity contribution is -0.118. The van der Waals surface area contributed by atoms with Crippen LogP contribution in [0.4, 0.5) is 0 Å². The maximum Gasteiger partial charge on any atom is 0.0609 e. The van der Waals surface area contributed by atoms with Gasteiger partial charge in [0.05, 0.1) is 6.04 Å². The van der Waals surface area contributed by atoms with E-state index >= 15 is 0 Å². The van der Waals surface area contributed by atoms with Crippen molar-refractivity contribution < 1.29 is 0 Å². The summed E-state index contributed by atoms with van der Waals surface area (Å²) in [5.41, 5.74) is 4.23. The first kappa shape index (κ1) is 13.3. The Hall–Kier alpha value is -0.380. The Kier molecular flexibility index (Phi) is 2.87. The first-order chi connectivity index (χ1) is 9.52. The molecule has 0 saturated heterocycles. The predicted octanol–water partition coefficient (Wildman–Crippen LogP) is 4.17. The number of nitrogens with two attached hydrogens (primary N) is 1. The molecule has 4 fully saturated rings. The predicted molar refractivity (Wildman–Crippen MR) is 84.3 cm³/mol. The first-order valence-electron chi connectivity index (χ1n) is 8.04. The molecule has 0 radical (unpaired) electrons. The van der Waals surface area contributed by atoms with Gasteiger partial charge in [-0.25, -0.2) is 0 Å². The van der Waals surface area contributed by atoms with E-state index in [0.29, 0.717) is 16.9 Å². The van der Waals surface area contributed by atoms with E-state index in [1.807, 2.05) is 11.3 Å². The fraction of sp³-hybridized carbons (Fsp3) is 0.765. The Bertz CT molecular complexity index is 507. The summed E-state index contributed by atoms with van der Waals surface area (Å²) < 4.78 is 0. The van der Waals surface area contributed by atoms with Crippen LogP contribution >= 0.6 is 11.3 Å². The molecule has 2 nitrogen and oxygen atoms in total. The smallest absolute Gasteiger partial charge is 0.0609 e. The van der Waals surface area contributed by atoms with E-state index in [1.54, 1.807) is 0 Å². The highest BCUT2D eigenvalue weighted by molar-refractivity contribution is 7.12. The summed E-state index contributed by atoms with van der Waals surface area (Å²) in [6.45, 7) is 4.73. The molecule has 3 atom stereocenters. The van der Waals surface area contributed by atoms with Gasteiger partial charge in [0.15, 0.2) is 0 Å². The van der Waals surface area contributed by atoms with Crippen molar-refractivity contribution in [1.29, 1.82) is 0 Å². The van der Waals surface area contributed by atoms with E-state index in [9.17, 15) is 0 Å². The summed E-state index contributed by atoms with van der Waals surface area (Å²) in [5.74, 6) is 7.95. The first-order valence-corrected chi connectivity index (χ1v) is 8.86. The molecule has 4 bridgehead atoms. The second-order valence-electron chi connectivity index (χ2n) is 8.18. The van der Waals surface area contributed by atoms with Crippen LogP contribution in [0.3, 0.4) is 0 Å². The Morgan fingerprint density at radius 3 is 2.45 bits per heavy atom. The number of thiophene rings is 1. The van der Waals surface area contributed by atoms with Crippen molar-refractivity contribution in [3.05, 3.63) is 21.9 Å². The second-order valence-corrected chi connectivity index (χ2v) is 9.50. The Balaban J connectivity index is 1.72. The number of hydrogen-bond acceptors (Lipinski definition) is 3. The average Bonchev–Trinajstić information content (AvgIpc) is 2.72. The second kappa shape index (κ2) is 4.31. The maximum absolute atomic E-state index is 6.04. The summed E-state index contributed by atoms with van der Waals surface area (Å²) in [5, 5.41) is 0. The van der Waals surface area contributed by atoms with Crippen LogP contribution in [0.15, 0.2) is 12.1 Å². The van der Waals surface area contributed by atoms with E-state index in [-0.39, 0.29) is 0 Å². The van der Waals surface area contributed by atoms with E-state index in [1.165, 1.54) is 48.3 Å². The van der Waals surface area contributed by atoms with Crippen LogP contribution in [0.5, 0.6) is 0 Å². The zero-order valence-corrected chi connectivity index (χ0v) is 13.4. The lowest BCUT2D eigenvalue weighted by Gasteiger charge is -2.63. The van der Waals surface area contributed by atoms with Crippen LogP contribution in [0.2, 0.25) is 0 Å². The van der Waals surface area contributed by atoms with Crippen molar-refractivity contribution in [2.24, 2.45) is 28.5 Å². The topological polar surface area (TPSA) is 38.0 Å². The number of rotatable bonds is 3. The molecule has 0 aromatic carbocycles. The van der Waals surface area contributed by atoms with Crippen molar-refractivity contribution in [3.63, 3.8) is 0 Å². The van der Waals surface area contributed by atoms with Gasteiger partial charge in [0, 0.05) is 9.75 Å². The van der Waals surface area contributed by atoms with E-state index in [2.05, 4.69) is 31.4 Å². The highest BCUT2D eigenvalue weighted by atomic mass is 32.1. The number of hydrazine groups is 1. The third kappa shape index (κ3) is 1.90. The average molecular weight is 290 g/mol. The normalized spacial score (nSPS) is 44.0. The molecular formula is C17H26N2S. The number of nitrogens with one attached hydrogen (secondary N) is 1. The van der Waals surface area contributed by atoms with Crippen molar-refractivity contribution in [2.75, 3.05) is 0 Å². The standard InChI is InChI=1S/C17H26N2S/c1-11-3-4-14(20-11)15(19-18)17-8-12-5-13(9-17)7-16(2,6-12)10-17/h3-4,12-13,15,19H,5-10,18H2,1-2H3. The minimum atomic E-state index is 0.367. The summed E-state index contributed by atoms with van der Waals surface area (Å²) in [6, 6.07) is 4.91. The monoisotopic (exact) mass is 290 g/mol. The summed E-state index contributed by atoms with van der Waals surface area (Å²) in [6.07, 6.45) is 8.57. The molecule has 4 aliphatic carbocycles. The molecule has 3 N–H and O–H groups in total. The molecule has 4 aliphatic rings. The van der Waals surface area contributed by atoms with Crippen LogP contribution in [-0.2, 0) is 0 Å². The molecule has 3 unspecified atom stereocenters. The lowest BCUT2D eigenvalue weighted by atomic mass is 9.43. The molecule has 1 aromatic heterocycles. The summed E-state index contributed by atoms with van der Waals surface area (Å²) >= 11 is 1.93. The minimum Gasteiger partial charge on any atom is -0.271 e. The zero-order valence-electron chi connectivity index (χ0n) is 12.6. The van der Waals surface area contributed by atoms with Gasteiger partial charge in [-0.05, 0) is 80.2 Å². The molecule has 0 spiro atoms. The van der Waals surface area contributed by atoms with Gasteiger partial charge in [0.25, 0.3) is 0 Å². The van der Waals surface area contributed by atoms with Gasteiger partial charge >= 0.3 is 0 Å². The third-order valence-electron chi connectivity index (χ3n) is 6.22. The molecule has 5 rings (SSSR count). The molecule has 1 aromatic rings. The summed E-state index contributed by atoms with van der Waals surface area (Å²) in [7, 11) is 0. The van der Waals surface area contributed by atoms with Gasteiger partial charge in [0.1, 0.15) is 0 Å².